The Balaban J connectivity index is 2.63. The lowest BCUT2D eigenvalue weighted by molar-refractivity contribution is 0.289. The molecule has 0 aromatic carbocycles. The second-order valence-electron chi connectivity index (χ2n) is 2.78. The molecular weight excluding hydrogens is 198 g/mol. The molecule has 1 aromatic heterocycles. The van der Waals surface area contributed by atoms with Crippen LogP contribution in [-0.4, -0.2) is 26.9 Å². The van der Waals surface area contributed by atoms with E-state index in [0.717, 1.165) is 0 Å². The number of hydrogen-bond acceptors (Lipinski definition) is 5. The summed E-state index contributed by atoms with van der Waals surface area (Å²) in [4.78, 5) is 8.05. The summed E-state index contributed by atoms with van der Waals surface area (Å²) in [6, 6.07) is 3.53. The lowest BCUT2D eigenvalue weighted by atomic mass is 10.3. The maximum absolute atomic E-state index is 8.71. The first-order valence-corrected chi connectivity index (χ1v) is 5.15. The molecule has 0 aliphatic carbocycles. The summed E-state index contributed by atoms with van der Waals surface area (Å²) in [5.74, 6) is 0. The van der Waals surface area contributed by atoms with E-state index in [1.54, 1.807) is 12.3 Å². The molecule has 0 fully saturated rings. The summed E-state index contributed by atoms with van der Waals surface area (Å²) in [6.07, 6.45) is 2.27. The van der Waals surface area contributed by atoms with E-state index in [2.05, 4.69) is 9.97 Å². The van der Waals surface area contributed by atoms with Crippen LogP contribution < -0.4 is 0 Å². The molecule has 0 aliphatic heterocycles. The molecule has 1 aromatic rings. The van der Waals surface area contributed by atoms with Crippen molar-refractivity contribution in [1.29, 1.82) is 5.26 Å². The van der Waals surface area contributed by atoms with E-state index in [0.29, 0.717) is 17.3 Å². The Kier molecular flexibility index (Phi) is 4.36. The van der Waals surface area contributed by atoms with Gasteiger partial charge in [0.1, 0.15) is 11.8 Å². The van der Waals surface area contributed by atoms with Gasteiger partial charge in [0.05, 0.1) is 0 Å². The molecule has 0 saturated heterocycles. The van der Waals surface area contributed by atoms with Gasteiger partial charge in [0, 0.05) is 18.1 Å². The van der Waals surface area contributed by atoms with Crippen LogP contribution in [0.2, 0.25) is 0 Å². The van der Waals surface area contributed by atoms with Crippen LogP contribution >= 0.6 is 11.8 Å². The lowest BCUT2D eigenvalue weighted by Crippen LogP contribution is -2.01. The minimum Gasteiger partial charge on any atom is -0.396 e. The van der Waals surface area contributed by atoms with Crippen molar-refractivity contribution in [3.8, 4) is 6.07 Å². The highest BCUT2D eigenvalue weighted by Crippen LogP contribution is 2.20. The fourth-order valence-electron chi connectivity index (χ4n) is 0.881. The smallest absolute Gasteiger partial charge is 0.189 e. The van der Waals surface area contributed by atoms with Crippen molar-refractivity contribution in [3.63, 3.8) is 0 Å². The van der Waals surface area contributed by atoms with Crippen LogP contribution in [0.3, 0.4) is 0 Å². The molecule has 0 bridgehead atoms. The Morgan fingerprint density at radius 2 is 2.50 bits per heavy atom. The van der Waals surface area contributed by atoms with E-state index in [1.807, 2.05) is 13.0 Å². The van der Waals surface area contributed by atoms with Gasteiger partial charge in [-0.3, -0.25) is 0 Å². The Morgan fingerprint density at radius 1 is 1.71 bits per heavy atom. The Labute approximate surface area is 87.0 Å². The second-order valence-corrected chi connectivity index (χ2v) is 4.18. The average molecular weight is 209 g/mol. The van der Waals surface area contributed by atoms with Crippen LogP contribution in [0.5, 0.6) is 0 Å². The zero-order chi connectivity index (χ0) is 10.4. The van der Waals surface area contributed by atoms with E-state index in [4.69, 9.17) is 10.4 Å². The number of aromatic nitrogens is 2. The number of nitrogens with zero attached hydrogens (tertiary/aromatic N) is 3. The van der Waals surface area contributed by atoms with Crippen molar-refractivity contribution in [2.45, 2.75) is 23.8 Å². The zero-order valence-corrected chi connectivity index (χ0v) is 8.66. The standard InChI is InChI=1S/C9H11N3OS/c1-7(3-5-13)14-9-11-4-2-8(6-10)12-9/h2,4,7,13H,3,5H2,1H3. The number of aliphatic hydroxyl groups is 1. The van der Waals surface area contributed by atoms with Gasteiger partial charge >= 0.3 is 0 Å². The van der Waals surface area contributed by atoms with Crippen molar-refractivity contribution in [2.75, 3.05) is 6.61 Å². The predicted octanol–water partition coefficient (Wildman–Crippen LogP) is 1.21. The molecule has 1 N–H and O–H groups in total. The summed E-state index contributed by atoms with van der Waals surface area (Å²) in [5, 5.41) is 18.2. The predicted molar refractivity (Wildman–Crippen MR) is 53.8 cm³/mol. The molecule has 74 valence electrons. The van der Waals surface area contributed by atoms with E-state index in [9.17, 15) is 0 Å². The zero-order valence-electron chi connectivity index (χ0n) is 7.84. The maximum Gasteiger partial charge on any atom is 0.189 e. The summed E-state index contributed by atoms with van der Waals surface area (Å²) >= 11 is 1.46. The van der Waals surface area contributed by atoms with Crippen LogP contribution in [0.1, 0.15) is 19.0 Å². The van der Waals surface area contributed by atoms with Gasteiger partial charge in [-0.05, 0) is 12.5 Å². The van der Waals surface area contributed by atoms with Gasteiger partial charge in [0.2, 0.25) is 0 Å². The van der Waals surface area contributed by atoms with Crippen molar-refractivity contribution < 1.29 is 5.11 Å². The van der Waals surface area contributed by atoms with Crippen LogP contribution in [0.15, 0.2) is 17.4 Å². The molecule has 1 rings (SSSR count). The molecule has 1 unspecified atom stereocenters. The molecule has 14 heavy (non-hydrogen) atoms. The highest BCUT2D eigenvalue weighted by Gasteiger charge is 2.06. The first-order chi connectivity index (χ1) is 6.76. The normalized spacial score (nSPS) is 12.1. The fraction of sp³-hybridized carbons (Fsp3) is 0.444. The van der Waals surface area contributed by atoms with Crippen LogP contribution in [0.25, 0.3) is 0 Å². The van der Waals surface area contributed by atoms with Gasteiger partial charge < -0.3 is 5.11 Å². The third kappa shape index (κ3) is 3.32. The molecule has 0 amide bonds. The SMILES string of the molecule is CC(CCO)Sc1nccc(C#N)n1. The highest BCUT2D eigenvalue weighted by molar-refractivity contribution is 7.99. The topological polar surface area (TPSA) is 69.8 Å². The second kappa shape index (κ2) is 5.58. The minimum atomic E-state index is 0.159. The van der Waals surface area contributed by atoms with E-state index >= 15 is 0 Å². The monoisotopic (exact) mass is 209 g/mol. The molecule has 4 nitrogen and oxygen atoms in total. The minimum absolute atomic E-state index is 0.159. The Bertz CT molecular complexity index is 337. The largest absolute Gasteiger partial charge is 0.396 e. The molecule has 5 heteroatoms. The molecular formula is C9H11N3OS. The lowest BCUT2D eigenvalue weighted by Gasteiger charge is -2.06. The number of rotatable bonds is 4. The maximum atomic E-state index is 8.71. The fourth-order valence-corrected chi connectivity index (χ4v) is 1.74. The van der Waals surface area contributed by atoms with Crippen molar-refractivity contribution in [2.24, 2.45) is 0 Å². The quantitative estimate of drug-likeness (QED) is 0.596. The van der Waals surface area contributed by atoms with Crippen LogP contribution in [-0.2, 0) is 0 Å². The van der Waals surface area contributed by atoms with Crippen molar-refractivity contribution >= 4 is 11.8 Å². The van der Waals surface area contributed by atoms with Gasteiger partial charge in [-0.1, -0.05) is 18.7 Å². The van der Waals surface area contributed by atoms with E-state index in [1.165, 1.54) is 11.8 Å². The average Bonchev–Trinajstić information content (AvgIpc) is 2.18. The third-order valence-electron chi connectivity index (χ3n) is 1.59. The third-order valence-corrected chi connectivity index (χ3v) is 2.64. The number of thioether (sulfide) groups is 1. The molecule has 1 heterocycles. The summed E-state index contributed by atoms with van der Waals surface area (Å²) in [6.45, 7) is 2.15. The van der Waals surface area contributed by atoms with Gasteiger partial charge in [-0.15, -0.1) is 0 Å². The molecule has 1 atom stereocenters. The van der Waals surface area contributed by atoms with Crippen molar-refractivity contribution in [3.05, 3.63) is 18.0 Å². The van der Waals surface area contributed by atoms with Gasteiger partial charge in [0.25, 0.3) is 0 Å². The van der Waals surface area contributed by atoms with Gasteiger partial charge in [0.15, 0.2) is 5.16 Å². The van der Waals surface area contributed by atoms with Crippen LogP contribution in [0.4, 0.5) is 0 Å². The highest BCUT2D eigenvalue weighted by atomic mass is 32.2. The molecule has 0 spiro atoms. The summed E-state index contributed by atoms with van der Waals surface area (Å²) in [7, 11) is 0. The first kappa shape index (κ1) is 11.0. The Hall–Kier alpha value is -1.12. The molecule has 0 saturated carbocycles. The first-order valence-electron chi connectivity index (χ1n) is 4.27. The molecule has 0 radical (unpaired) electrons. The van der Waals surface area contributed by atoms with Gasteiger partial charge in [-0.2, -0.15) is 5.26 Å². The van der Waals surface area contributed by atoms with E-state index < -0.39 is 0 Å². The summed E-state index contributed by atoms with van der Waals surface area (Å²) in [5.41, 5.74) is 0.374. The van der Waals surface area contributed by atoms with Crippen LogP contribution in [0, 0.1) is 11.3 Å². The number of nitriles is 1. The summed E-state index contributed by atoms with van der Waals surface area (Å²) < 4.78 is 0. The molecule has 0 aliphatic rings. The number of aliphatic hydroxyl groups excluding tert-OH is 1. The van der Waals surface area contributed by atoms with Crippen molar-refractivity contribution in [1.82, 2.24) is 9.97 Å². The van der Waals surface area contributed by atoms with Gasteiger partial charge in [-0.25, -0.2) is 9.97 Å². The number of hydrogen-bond donors (Lipinski definition) is 1. The Morgan fingerprint density at radius 3 is 3.14 bits per heavy atom. The van der Waals surface area contributed by atoms with E-state index in [-0.39, 0.29) is 11.9 Å².